The predicted octanol–water partition coefficient (Wildman–Crippen LogP) is 1.32. The van der Waals surface area contributed by atoms with Crippen molar-refractivity contribution in [3.63, 3.8) is 0 Å². The van der Waals surface area contributed by atoms with Crippen molar-refractivity contribution in [3.05, 3.63) is 0 Å². The van der Waals surface area contributed by atoms with Gasteiger partial charge >= 0.3 is 5.97 Å². The molecule has 94 valence electrons. The van der Waals surface area contributed by atoms with Crippen molar-refractivity contribution in [3.8, 4) is 0 Å². The summed E-state index contributed by atoms with van der Waals surface area (Å²) in [6, 6.07) is 0. The van der Waals surface area contributed by atoms with E-state index in [1.54, 1.807) is 0 Å². The molecule has 0 radical (unpaired) electrons. The molecule has 0 aromatic rings. The summed E-state index contributed by atoms with van der Waals surface area (Å²) in [5.74, 6) is 0.0440. The minimum atomic E-state index is -0.650. The highest BCUT2D eigenvalue weighted by molar-refractivity contribution is 5.92. The summed E-state index contributed by atoms with van der Waals surface area (Å²) in [5, 5.41) is 0. The highest BCUT2D eigenvalue weighted by Gasteiger charge is 2.66. The molecule has 2 aliphatic carbocycles. The number of methoxy groups -OCH3 is 1. The van der Waals surface area contributed by atoms with Gasteiger partial charge in [0.15, 0.2) is 0 Å². The van der Waals surface area contributed by atoms with Gasteiger partial charge in [0.2, 0.25) is 0 Å². The maximum absolute atomic E-state index is 12.3. The average Bonchev–Trinajstić information content (AvgIpc) is 2.74. The average molecular weight is 238 g/mol. The summed E-state index contributed by atoms with van der Waals surface area (Å²) in [6.45, 7) is 0.615. The van der Waals surface area contributed by atoms with Crippen molar-refractivity contribution in [1.82, 2.24) is 0 Å². The summed E-state index contributed by atoms with van der Waals surface area (Å²) >= 11 is 0. The van der Waals surface area contributed by atoms with Gasteiger partial charge in [-0.3, -0.25) is 9.59 Å². The number of hydrogen-bond donors (Lipinski definition) is 0. The van der Waals surface area contributed by atoms with E-state index in [2.05, 4.69) is 0 Å². The monoisotopic (exact) mass is 238 g/mol. The van der Waals surface area contributed by atoms with Crippen molar-refractivity contribution in [1.29, 1.82) is 0 Å². The molecule has 4 nitrogen and oxygen atoms in total. The molecule has 3 fully saturated rings. The van der Waals surface area contributed by atoms with Gasteiger partial charge in [-0.05, 0) is 19.3 Å². The molecule has 0 amide bonds. The van der Waals surface area contributed by atoms with Crippen LogP contribution in [0, 0.1) is 17.3 Å². The summed E-state index contributed by atoms with van der Waals surface area (Å²) in [4.78, 5) is 24.4. The first-order chi connectivity index (χ1) is 8.21. The first kappa shape index (κ1) is 11.2. The molecule has 1 aliphatic heterocycles. The Morgan fingerprint density at radius 2 is 2.24 bits per heavy atom. The van der Waals surface area contributed by atoms with Crippen LogP contribution in [0.3, 0.4) is 0 Å². The smallest absolute Gasteiger partial charge is 0.315 e. The predicted molar refractivity (Wildman–Crippen MR) is 59.3 cm³/mol. The summed E-state index contributed by atoms with van der Waals surface area (Å²) < 4.78 is 10.8. The summed E-state index contributed by atoms with van der Waals surface area (Å²) in [5.41, 5.74) is -0.650. The van der Waals surface area contributed by atoms with E-state index in [0.717, 1.165) is 19.3 Å². The number of Topliss-reactive ketones (excluding diaryl/α,β-unsaturated/α-hetero) is 1. The zero-order valence-corrected chi connectivity index (χ0v) is 10.1. The maximum atomic E-state index is 12.3. The zero-order chi connectivity index (χ0) is 12.0. The number of ketones is 1. The molecule has 3 rings (SSSR count). The van der Waals surface area contributed by atoms with Crippen LogP contribution in [0.4, 0.5) is 0 Å². The molecule has 1 heterocycles. The van der Waals surface area contributed by atoms with E-state index in [0.29, 0.717) is 19.4 Å². The zero-order valence-electron chi connectivity index (χ0n) is 10.1. The topological polar surface area (TPSA) is 52.6 Å². The lowest BCUT2D eigenvalue weighted by molar-refractivity contribution is -0.174. The fourth-order valence-electron chi connectivity index (χ4n) is 4.22. The number of ether oxygens (including phenoxy) is 2. The van der Waals surface area contributed by atoms with Gasteiger partial charge in [0.05, 0.1) is 19.8 Å². The number of esters is 1. The van der Waals surface area contributed by atoms with E-state index in [1.807, 2.05) is 0 Å². The molecule has 0 aromatic heterocycles. The molecular weight excluding hydrogens is 220 g/mol. The third-order valence-electron chi connectivity index (χ3n) is 4.91. The van der Waals surface area contributed by atoms with E-state index in [4.69, 9.17) is 9.47 Å². The van der Waals surface area contributed by atoms with Crippen LogP contribution in [0.15, 0.2) is 0 Å². The van der Waals surface area contributed by atoms with Crippen LogP contribution >= 0.6 is 0 Å². The minimum Gasteiger partial charge on any atom is -0.468 e. The second kappa shape index (κ2) is 3.80. The van der Waals surface area contributed by atoms with Gasteiger partial charge in [-0.15, -0.1) is 0 Å². The van der Waals surface area contributed by atoms with Crippen LogP contribution in [-0.2, 0) is 19.1 Å². The van der Waals surface area contributed by atoms with E-state index < -0.39 is 5.41 Å². The van der Waals surface area contributed by atoms with E-state index in [1.165, 1.54) is 7.11 Å². The van der Waals surface area contributed by atoms with Crippen LogP contribution in [0.25, 0.3) is 0 Å². The summed E-state index contributed by atoms with van der Waals surface area (Å²) in [6.07, 6.45) is 3.97. The Labute approximate surface area is 101 Å². The molecule has 4 heteroatoms. The molecule has 0 bridgehead atoms. The number of rotatable bonds is 1. The number of hydrogen-bond acceptors (Lipinski definition) is 4. The van der Waals surface area contributed by atoms with Gasteiger partial charge < -0.3 is 9.47 Å². The molecule has 4 unspecified atom stereocenters. The number of carbonyl (C=O) groups is 2. The quantitative estimate of drug-likeness (QED) is 0.647. The van der Waals surface area contributed by atoms with Gasteiger partial charge in [-0.1, -0.05) is 6.42 Å². The fourth-order valence-corrected chi connectivity index (χ4v) is 4.22. The number of carbonyl (C=O) groups excluding carboxylic acids is 2. The van der Waals surface area contributed by atoms with Crippen LogP contribution in [0.1, 0.15) is 32.1 Å². The van der Waals surface area contributed by atoms with Crippen LogP contribution in [0.5, 0.6) is 0 Å². The Kier molecular flexibility index (Phi) is 2.51. The van der Waals surface area contributed by atoms with Gasteiger partial charge in [0.1, 0.15) is 11.2 Å². The Balaban J connectivity index is 2.08. The Morgan fingerprint density at radius 1 is 1.41 bits per heavy atom. The molecule has 0 aromatic carbocycles. The first-order valence-corrected chi connectivity index (χ1v) is 6.44. The van der Waals surface area contributed by atoms with Crippen LogP contribution in [-0.4, -0.2) is 31.6 Å². The molecule has 3 aliphatic rings. The third-order valence-corrected chi connectivity index (χ3v) is 4.91. The van der Waals surface area contributed by atoms with Crippen LogP contribution < -0.4 is 0 Å². The van der Waals surface area contributed by atoms with E-state index in [-0.39, 0.29) is 29.7 Å². The van der Waals surface area contributed by atoms with E-state index >= 15 is 0 Å². The van der Waals surface area contributed by atoms with Crippen molar-refractivity contribution >= 4 is 11.8 Å². The first-order valence-electron chi connectivity index (χ1n) is 6.44. The van der Waals surface area contributed by atoms with Crippen molar-refractivity contribution in [2.45, 2.75) is 38.2 Å². The lowest BCUT2D eigenvalue weighted by Gasteiger charge is -2.47. The Morgan fingerprint density at radius 3 is 3.00 bits per heavy atom. The van der Waals surface area contributed by atoms with Gasteiger partial charge in [-0.25, -0.2) is 0 Å². The molecule has 0 N–H and O–H groups in total. The lowest BCUT2D eigenvalue weighted by Crippen LogP contribution is -2.57. The van der Waals surface area contributed by atoms with Crippen molar-refractivity contribution < 1.29 is 19.1 Å². The van der Waals surface area contributed by atoms with Crippen LogP contribution in [0.2, 0.25) is 0 Å². The van der Waals surface area contributed by atoms with Gasteiger partial charge in [0, 0.05) is 18.3 Å². The Bertz CT molecular complexity index is 356. The van der Waals surface area contributed by atoms with Crippen molar-refractivity contribution in [2.75, 3.05) is 13.7 Å². The summed E-state index contributed by atoms with van der Waals surface area (Å²) in [7, 11) is 1.42. The standard InChI is InChI=1S/C13H18O4/c1-16-12(15)13-8-3-2-4-9(13)10(14)5-6-11(13)17-7-8/h8-9,11H,2-7H2,1H3. The highest BCUT2D eigenvalue weighted by Crippen LogP contribution is 2.57. The highest BCUT2D eigenvalue weighted by atomic mass is 16.5. The maximum Gasteiger partial charge on any atom is 0.315 e. The van der Waals surface area contributed by atoms with Gasteiger partial charge in [-0.2, -0.15) is 0 Å². The minimum absolute atomic E-state index is 0.0945. The third kappa shape index (κ3) is 1.27. The largest absolute Gasteiger partial charge is 0.468 e. The molecule has 4 atom stereocenters. The fraction of sp³-hybridized carbons (Fsp3) is 0.846. The molecule has 2 saturated carbocycles. The second-order valence-electron chi connectivity index (χ2n) is 5.43. The molecule has 0 spiro atoms. The molecule has 17 heavy (non-hydrogen) atoms. The molecular formula is C13H18O4. The van der Waals surface area contributed by atoms with Crippen molar-refractivity contribution in [2.24, 2.45) is 17.3 Å². The van der Waals surface area contributed by atoms with Gasteiger partial charge in [0.25, 0.3) is 0 Å². The SMILES string of the molecule is COC(=O)C12C3CCCC1C(=O)CCC2OC3. The molecule has 1 saturated heterocycles. The normalized spacial score (nSPS) is 44.3. The second-order valence-corrected chi connectivity index (χ2v) is 5.43. The van der Waals surface area contributed by atoms with E-state index in [9.17, 15) is 9.59 Å². The Hall–Kier alpha value is -0.900. The lowest BCUT2D eigenvalue weighted by atomic mass is 9.54.